The molecule has 32 heavy (non-hydrogen) atoms. The average Bonchev–Trinajstić information content (AvgIpc) is 3.15. The van der Waals surface area contributed by atoms with E-state index in [9.17, 15) is 0 Å². The van der Waals surface area contributed by atoms with Gasteiger partial charge in [-0.15, -0.1) is 0 Å². The van der Waals surface area contributed by atoms with Crippen LogP contribution >= 0.6 is 0 Å². The van der Waals surface area contributed by atoms with Crippen molar-refractivity contribution in [2.75, 3.05) is 0 Å². The third kappa shape index (κ3) is 4.50. The number of pyridine rings is 1. The summed E-state index contributed by atoms with van der Waals surface area (Å²) in [5.74, 6) is 1.83. The van der Waals surface area contributed by atoms with Crippen LogP contribution in [0.5, 0.6) is 0 Å². The Bertz CT molecular complexity index is 1240. The summed E-state index contributed by atoms with van der Waals surface area (Å²) in [7, 11) is 0. The lowest BCUT2D eigenvalue weighted by molar-refractivity contribution is 0.590. The fourth-order valence-corrected chi connectivity index (χ4v) is 4.07. The Balaban J connectivity index is 1.79. The molecule has 0 N–H and O–H groups in total. The molecule has 2 nitrogen and oxygen atoms in total. The number of aryl methyl sites for hydroxylation is 1. The summed E-state index contributed by atoms with van der Waals surface area (Å²) in [5.41, 5.74) is 9.26. The number of aromatic nitrogens is 1. The summed E-state index contributed by atoms with van der Waals surface area (Å²) in [6.07, 6.45) is 0. The Labute approximate surface area is 192 Å². The quantitative estimate of drug-likeness (QED) is 0.326. The highest BCUT2D eigenvalue weighted by Crippen LogP contribution is 2.34. The molecule has 0 aliphatic carbocycles. The van der Waals surface area contributed by atoms with Crippen LogP contribution in [-0.4, -0.2) is 4.98 Å². The molecule has 166 valence electrons. The first-order valence-electron chi connectivity index (χ1n) is 11.7. The third-order valence-corrected chi connectivity index (χ3v) is 6.22. The second-order valence-electron chi connectivity index (χ2n) is 10.7. The molecular weight excluding hydrogens is 390 g/mol. The number of hydrogen-bond donors (Lipinski definition) is 0. The molecule has 0 fully saturated rings. The van der Waals surface area contributed by atoms with Gasteiger partial charge in [-0.3, -0.25) is 0 Å². The largest absolute Gasteiger partial charge is 0.438 e. The van der Waals surface area contributed by atoms with E-state index in [0.717, 1.165) is 28.0 Å². The summed E-state index contributed by atoms with van der Waals surface area (Å²) in [4.78, 5) is 4.90. The Morgan fingerprint density at radius 1 is 0.750 bits per heavy atom. The van der Waals surface area contributed by atoms with Crippen LogP contribution < -0.4 is 0 Å². The molecule has 0 bridgehead atoms. The molecule has 2 heterocycles. The van der Waals surface area contributed by atoms with E-state index in [4.69, 9.17) is 9.40 Å². The normalized spacial score (nSPS) is 12.3. The lowest BCUT2D eigenvalue weighted by Gasteiger charge is -2.20. The van der Waals surface area contributed by atoms with E-state index < -0.39 is 0 Å². The number of fused-ring (bicyclic) bond motifs is 1. The zero-order chi connectivity index (χ0) is 23.2. The van der Waals surface area contributed by atoms with Crippen molar-refractivity contribution in [3.8, 4) is 22.6 Å². The molecule has 0 amide bonds. The van der Waals surface area contributed by atoms with Gasteiger partial charge in [-0.2, -0.15) is 0 Å². The van der Waals surface area contributed by atoms with Crippen LogP contribution in [-0.2, 0) is 5.41 Å². The van der Waals surface area contributed by atoms with Gasteiger partial charge in [0.25, 0.3) is 0 Å². The molecule has 0 saturated carbocycles. The number of rotatable bonds is 4. The van der Waals surface area contributed by atoms with Gasteiger partial charge in [-0.25, -0.2) is 4.98 Å². The third-order valence-electron chi connectivity index (χ3n) is 6.22. The first kappa shape index (κ1) is 22.3. The van der Waals surface area contributed by atoms with Crippen molar-refractivity contribution in [2.24, 2.45) is 0 Å². The van der Waals surface area contributed by atoms with Crippen LogP contribution in [0.1, 0.15) is 82.6 Å². The monoisotopic (exact) mass is 425 g/mol. The van der Waals surface area contributed by atoms with E-state index in [1.165, 1.54) is 22.3 Å². The summed E-state index contributed by atoms with van der Waals surface area (Å²) in [6, 6.07) is 19.9. The molecule has 0 aliphatic rings. The van der Waals surface area contributed by atoms with Gasteiger partial charge in [0.15, 0.2) is 0 Å². The molecule has 0 radical (unpaired) electrons. The Morgan fingerprint density at radius 3 is 2.00 bits per heavy atom. The van der Waals surface area contributed by atoms with Gasteiger partial charge in [0.05, 0.1) is 5.69 Å². The van der Waals surface area contributed by atoms with Gasteiger partial charge in [0.1, 0.15) is 5.76 Å². The van der Waals surface area contributed by atoms with E-state index >= 15 is 0 Å². The summed E-state index contributed by atoms with van der Waals surface area (Å²) in [6.45, 7) is 17.9. The van der Waals surface area contributed by atoms with Crippen LogP contribution in [0.3, 0.4) is 0 Å². The topological polar surface area (TPSA) is 26.0 Å². The first-order valence-corrected chi connectivity index (χ1v) is 11.7. The van der Waals surface area contributed by atoms with Crippen LogP contribution in [0.2, 0.25) is 0 Å². The van der Waals surface area contributed by atoms with Crippen LogP contribution in [0.15, 0.2) is 59.0 Å². The van der Waals surface area contributed by atoms with E-state index in [1.54, 1.807) is 0 Å². The lowest BCUT2D eigenvalue weighted by atomic mass is 9.85. The smallest absolute Gasteiger partial charge is 0.227 e. The maximum absolute atomic E-state index is 6.30. The number of nitrogens with zero attached hydrogens (tertiary/aromatic N) is 1. The molecular formula is C30H35NO. The summed E-state index contributed by atoms with van der Waals surface area (Å²) < 4.78 is 6.30. The van der Waals surface area contributed by atoms with Gasteiger partial charge in [0, 0.05) is 16.5 Å². The molecule has 0 spiro atoms. The molecule has 4 rings (SSSR count). The number of furan rings is 1. The van der Waals surface area contributed by atoms with Gasteiger partial charge in [-0.05, 0) is 83.3 Å². The second-order valence-corrected chi connectivity index (χ2v) is 10.7. The van der Waals surface area contributed by atoms with Gasteiger partial charge in [0.2, 0.25) is 5.71 Å². The molecule has 0 atom stereocenters. The predicted molar refractivity (Wildman–Crippen MR) is 136 cm³/mol. The fraction of sp³-hybridized carbons (Fsp3) is 0.367. The zero-order valence-corrected chi connectivity index (χ0v) is 20.7. The second kappa shape index (κ2) is 8.24. The van der Waals surface area contributed by atoms with Crippen molar-refractivity contribution in [3.63, 3.8) is 0 Å². The minimum Gasteiger partial charge on any atom is -0.438 e. The van der Waals surface area contributed by atoms with Crippen LogP contribution in [0, 0.1) is 6.92 Å². The zero-order valence-electron chi connectivity index (χ0n) is 20.7. The highest BCUT2D eigenvalue weighted by molar-refractivity contribution is 5.82. The van der Waals surface area contributed by atoms with Crippen molar-refractivity contribution < 1.29 is 4.42 Å². The highest BCUT2D eigenvalue weighted by atomic mass is 16.3. The molecule has 2 heteroatoms. The number of hydrogen-bond acceptors (Lipinski definition) is 2. The van der Waals surface area contributed by atoms with Gasteiger partial charge in [-0.1, -0.05) is 66.2 Å². The van der Waals surface area contributed by atoms with Gasteiger partial charge >= 0.3 is 0 Å². The first-order chi connectivity index (χ1) is 15.0. The molecule has 0 unspecified atom stereocenters. The van der Waals surface area contributed by atoms with E-state index in [1.807, 2.05) is 0 Å². The van der Waals surface area contributed by atoms with Crippen molar-refractivity contribution in [2.45, 2.75) is 72.6 Å². The minimum atomic E-state index is 0.0955. The fourth-order valence-electron chi connectivity index (χ4n) is 4.07. The predicted octanol–water partition coefficient (Wildman–Crippen LogP) is 9.01. The Hall–Kier alpha value is -2.87. The summed E-state index contributed by atoms with van der Waals surface area (Å²) in [5, 5.41) is 1.04. The van der Waals surface area contributed by atoms with Crippen LogP contribution in [0.25, 0.3) is 33.7 Å². The van der Waals surface area contributed by atoms with E-state index in [0.29, 0.717) is 17.5 Å². The van der Waals surface area contributed by atoms with Crippen molar-refractivity contribution in [3.05, 3.63) is 76.9 Å². The maximum Gasteiger partial charge on any atom is 0.227 e. The van der Waals surface area contributed by atoms with Crippen molar-refractivity contribution >= 4 is 11.1 Å². The van der Waals surface area contributed by atoms with Gasteiger partial charge < -0.3 is 4.42 Å². The minimum absolute atomic E-state index is 0.0955. The molecule has 0 saturated heterocycles. The molecule has 0 aliphatic heterocycles. The molecule has 4 aromatic rings. The maximum atomic E-state index is 6.30. The highest BCUT2D eigenvalue weighted by Gasteiger charge is 2.17. The summed E-state index contributed by atoms with van der Waals surface area (Å²) >= 11 is 0. The number of benzene rings is 2. The average molecular weight is 426 g/mol. The van der Waals surface area contributed by atoms with Crippen molar-refractivity contribution in [1.29, 1.82) is 0 Å². The van der Waals surface area contributed by atoms with Crippen molar-refractivity contribution in [1.82, 2.24) is 4.98 Å². The molecule has 2 aromatic carbocycles. The lowest BCUT2D eigenvalue weighted by Crippen LogP contribution is -2.11. The van der Waals surface area contributed by atoms with E-state index in [2.05, 4.69) is 110 Å². The Morgan fingerprint density at radius 2 is 1.41 bits per heavy atom. The Kier molecular flexibility index (Phi) is 5.75. The van der Waals surface area contributed by atoms with E-state index in [-0.39, 0.29) is 5.41 Å². The van der Waals surface area contributed by atoms with Crippen LogP contribution in [0.4, 0.5) is 0 Å². The standard InChI is InChI=1S/C30H35NO/c1-18(2)22-13-23(19(3)4)15-25(14-22)28-17-21-9-10-27(31-29(21)32-28)24-11-20(5)12-26(16-24)30(6,7)8/h9-19H,1-8H3. The SMILES string of the molecule is Cc1cc(-c2ccc3cc(-c4cc(C(C)C)cc(C(C)C)c4)oc3n2)cc(C(C)(C)C)c1. The molecule has 2 aromatic heterocycles.